The quantitative estimate of drug-likeness (QED) is 0.838. The van der Waals surface area contributed by atoms with E-state index in [9.17, 15) is 14.0 Å². The molecule has 20 heavy (non-hydrogen) atoms. The lowest BCUT2D eigenvalue weighted by atomic mass is 10.2. The number of pyridine rings is 1. The molecule has 0 fully saturated rings. The highest BCUT2D eigenvalue weighted by Crippen LogP contribution is 2.12. The summed E-state index contributed by atoms with van der Waals surface area (Å²) in [7, 11) is 1.53. The lowest BCUT2D eigenvalue weighted by molar-refractivity contribution is 0.0961. The normalized spacial score (nSPS) is 9.90. The molecule has 2 aromatic rings. The van der Waals surface area contributed by atoms with Crippen molar-refractivity contribution in [2.45, 2.75) is 0 Å². The van der Waals surface area contributed by atoms with Gasteiger partial charge in [-0.15, -0.1) is 0 Å². The van der Waals surface area contributed by atoms with Crippen molar-refractivity contribution in [1.29, 1.82) is 0 Å². The molecule has 0 saturated carbocycles. The summed E-state index contributed by atoms with van der Waals surface area (Å²) in [6.07, 6.45) is 1.15. The topological polar surface area (TPSA) is 71.1 Å². The van der Waals surface area contributed by atoms with Gasteiger partial charge in [-0.3, -0.25) is 9.59 Å². The molecule has 0 atom stereocenters. The zero-order valence-electron chi connectivity index (χ0n) is 10.7. The zero-order valence-corrected chi connectivity index (χ0v) is 10.7. The Bertz CT molecular complexity index is 641. The molecule has 1 aromatic carbocycles. The van der Waals surface area contributed by atoms with Crippen LogP contribution in [0.5, 0.6) is 0 Å². The number of hydrogen-bond acceptors (Lipinski definition) is 3. The van der Waals surface area contributed by atoms with Crippen molar-refractivity contribution < 1.29 is 14.0 Å². The van der Waals surface area contributed by atoms with Gasteiger partial charge in [-0.25, -0.2) is 4.98 Å². The maximum atomic E-state index is 12.7. The van der Waals surface area contributed by atoms with Crippen molar-refractivity contribution in [3.05, 3.63) is 59.7 Å². The minimum Gasteiger partial charge on any atom is -0.355 e. The maximum Gasteiger partial charge on any atom is 0.257 e. The molecule has 2 amide bonds. The Kier molecular flexibility index (Phi) is 4.05. The number of aromatic nitrogens is 1. The number of amides is 2. The Morgan fingerprint density at radius 1 is 1.10 bits per heavy atom. The lowest BCUT2D eigenvalue weighted by Crippen LogP contribution is -2.18. The number of nitrogens with one attached hydrogen (secondary N) is 2. The number of benzene rings is 1. The molecule has 1 aromatic heterocycles. The van der Waals surface area contributed by atoms with Gasteiger partial charge in [-0.05, 0) is 30.3 Å². The van der Waals surface area contributed by atoms with E-state index in [2.05, 4.69) is 15.6 Å². The molecule has 1 heterocycles. The third-order valence-electron chi connectivity index (χ3n) is 2.60. The van der Waals surface area contributed by atoms with Crippen molar-refractivity contribution in [3.63, 3.8) is 0 Å². The van der Waals surface area contributed by atoms with E-state index in [1.54, 1.807) is 24.3 Å². The highest BCUT2D eigenvalue weighted by atomic mass is 19.1. The van der Waals surface area contributed by atoms with E-state index in [4.69, 9.17) is 0 Å². The van der Waals surface area contributed by atoms with Crippen molar-refractivity contribution in [1.82, 2.24) is 10.3 Å². The fourth-order valence-electron chi connectivity index (χ4n) is 1.60. The lowest BCUT2D eigenvalue weighted by Gasteiger charge is -2.06. The number of hydrogen-bond donors (Lipinski definition) is 2. The van der Waals surface area contributed by atoms with Crippen LogP contribution in [0, 0.1) is 5.95 Å². The van der Waals surface area contributed by atoms with Gasteiger partial charge in [-0.1, -0.05) is 6.07 Å². The van der Waals surface area contributed by atoms with Gasteiger partial charge >= 0.3 is 0 Å². The van der Waals surface area contributed by atoms with Crippen molar-refractivity contribution in [2.75, 3.05) is 12.4 Å². The highest BCUT2D eigenvalue weighted by Gasteiger charge is 2.08. The van der Waals surface area contributed by atoms with E-state index in [0.717, 1.165) is 12.3 Å². The number of carbonyl (C=O) groups is 2. The van der Waals surface area contributed by atoms with E-state index in [-0.39, 0.29) is 11.5 Å². The molecule has 0 aliphatic heterocycles. The molecule has 2 rings (SSSR count). The third-order valence-corrected chi connectivity index (χ3v) is 2.60. The third kappa shape index (κ3) is 3.17. The first-order valence-corrected chi connectivity index (χ1v) is 5.85. The summed E-state index contributed by atoms with van der Waals surface area (Å²) in [5.41, 5.74) is 1.14. The Morgan fingerprint density at radius 3 is 2.55 bits per heavy atom. The predicted octanol–water partition coefficient (Wildman–Crippen LogP) is 1.83. The maximum absolute atomic E-state index is 12.7. The molecule has 0 saturated heterocycles. The molecule has 0 aliphatic carbocycles. The second-order valence-corrected chi connectivity index (χ2v) is 3.98. The molecular weight excluding hydrogens is 261 g/mol. The van der Waals surface area contributed by atoms with Crippen LogP contribution in [0.2, 0.25) is 0 Å². The smallest absolute Gasteiger partial charge is 0.257 e. The monoisotopic (exact) mass is 273 g/mol. The summed E-state index contributed by atoms with van der Waals surface area (Å²) in [6, 6.07) is 8.93. The summed E-state index contributed by atoms with van der Waals surface area (Å²) in [5.74, 6) is -1.32. The Hall–Kier alpha value is -2.76. The highest BCUT2D eigenvalue weighted by molar-refractivity contribution is 6.04. The SMILES string of the molecule is CNC(=O)c1cccc(NC(=O)c2ccc(F)nc2)c1. The summed E-state index contributed by atoms with van der Waals surface area (Å²) in [6.45, 7) is 0. The second-order valence-electron chi connectivity index (χ2n) is 3.98. The minimum atomic E-state index is -0.650. The molecule has 0 bridgehead atoms. The van der Waals surface area contributed by atoms with E-state index in [1.165, 1.54) is 13.1 Å². The van der Waals surface area contributed by atoms with Gasteiger partial charge in [0.05, 0.1) is 5.56 Å². The molecule has 0 radical (unpaired) electrons. The van der Waals surface area contributed by atoms with Crippen LogP contribution in [-0.4, -0.2) is 23.8 Å². The van der Waals surface area contributed by atoms with Crippen LogP contribution >= 0.6 is 0 Å². The van der Waals surface area contributed by atoms with Crippen molar-refractivity contribution in [3.8, 4) is 0 Å². The van der Waals surface area contributed by atoms with Gasteiger partial charge in [0.15, 0.2) is 0 Å². The largest absolute Gasteiger partial charge is 0.355 e. The first kappa shape index (κ1) is 13.7. The Morgan fingerprint density at radius 2 is 1.90 bits per heavy atom. The zero-order chi connectivity index (χ0) is 14.5. The van der Waals surface area contributed by atoms with Gasteiger partial charge in [-0.2, -0.15) is 4.39 Å². The predicted molar refractivity (Wildman–Crippen MR) is 72.0 cm³/mol. The Balaban J connectivity index is 2.15. The number of rotatable bonds is 3. The molecule has 102 valence electrons. The summed E-state index contributed by atoms with van der Waals surface area (Å²) in [5, 5.41) is 5.11. The van der Waals surface area contributed by atoms with Crippen LogP contribution in [0.15, 0.2) is 42.6 Å². The standard InChI is InChI=1S/C14H12FN3O2/c1-16-13(19)9-3-2-4-11(7-9)18-14(20)10-5-6-12(15)17-8-10/h2-8H,1H3,(H,16,19)(H,18,20). The molecule has 0 unspecified atom stereocenters. The summed E-state index contributed by atoms with van der Waals surface area (Å²) < 4.78 is 12.7. The van der Waals surface area contributed by atoms with Gasteiger partial charge in [0.25, 0.3) is 11.8 Å². The van der Waals surface area contributed by atoms with Gasteiger partial charge < -0.3 is 10.6 Å². The van der Waals surface area contributed by atoms with Gasteiger partial charge in [0.2, 0.25) is 5.95 Å². The number of anilines is 1. The van der Waals surface area contributed by atoms with Crippen LogP contribution < -0.4 is 10.6 Å². The summed E-state index contributed by atoms with van der Waals surface area (Å²) >= 11 is 0. The van der Waals surface area contributed by atoms with Crippen LogP contribution in [0.3, 0.4) is 0 Å². The van der Waals surface area contributed by atoms with E-state index < -0.39 is 11.9 Å². The number of carbonyl (C=O) groups excluding carboxylic acids is 2. The number of halogens is 1. The first-order valence-electron chi connectivity index (χ1n) is 5.85. The minimum absolute atomic E-state index is 0.233. The molecule has 0 spiro atoms. The van der Waals surface area contributed by atoms with E-state index in [1.807, 2.05) is 0 Å². The Labute approximate surface area is 114 Å². The van der Waals surface area contributed by atoms with Gasteiger partial charge in [0, 0.05) is 24.5 Å². The van der Waals surface area contributed by atoms with Crippen LogP contribution in [0.1, 0.15) is 20.7 Å². The van der Waals surface area contributed by atoms with Crippen LogP contribution in [0.4, 0.5) is 10.1 Å². The molecule has 6 heteroatoms. The van der Waals surface area contributed by atoms with E-state index in [0.29, 0.717) is 11.3 Å². The van der Waals surface area contributed by atoms with Crippen molar-refractivity contribution >= 4 is 17.5 Å². The van der Waals surface area contributed by atoms with Crippen molar-refractivity contribution in [2.24, 2.45) is 0 Å². The average Bonchev–Trinajstić information content (AvgIpc) is 2.47. The molecular formula is C14H12FN3O2. The molecule has 2 N–H and O–H groups in total. The van der Waals surface area contributed by atoms with Crippen LogP contribution in [-0.2, 0) is 0 Å². The molecule has 5 nitrogen and oxygen atoms in total. The van der Waals surface area contributed by atoms with Crippen LogP contribution in [0.25, 0.3) is 0 Å². The fraction of sp³-hybridized carbons (Fsp3) is 0.0714. The van der Waals surface area contributed by atoms with Gasteiger partial charge in [0.1, 0.15) is 0 Å². The average molecular weight is 273 g/mol. The molecule has 0 aliphatic rings. The first-order chi connectivity index (χ1) is 9.60. The van der Waals surface area contributed by atoms with E-state index >= 15 is 0 Å². The summed E-state index contributed by atoms with van der Waals surface area (Å²) in [4.78, 5) is 26.8. The fourth-order valence-corrected chi connectivity index (χ4v) is 1.60. The second kappa shape index (κ2) is 5.92. The number of nitrogens with zero attached hydrogens (tertiary/aromatic N) is 1.